The molecule has 1 aromatic heterocycles. The zero-order valence-corrected chi connectivity index (χ0v) is 23.8. The van der Waals surface area contributed by atoms with E-state index in [4.69, 9.17) is 21.1 Å². The number of nitrogens with zero attached hydrogens (tertiary/aromatic N) is 4. The second-order valence-electron chi connectivity index (χ2n) is 10.9. The van der Waals surface area contributed by atoms with E-state index in [0.29, 0.717) is 30.3 Å². The summed E-state index contributed by atoms with van der Waals surface area (Å²) < 4.78 is 43.0. The van der Waals surface area contributed by atoms with Gasteiger partial charge in [-0.2, -0.15) is 5.10 Å². The summed E-state index contributed by atoms with van der Waals surface area (Å²) >= 11 is 6.60. The number of hydrogen-bond acceptors (Lipinski definition) is 6. The summed E-state index contributed by atoms with van der Waals surface area (Å²) in [7, 11) is -1.27. The molecular weight excluding hydrogens is 528 g/mol. The quantitative estimate of drug-likeness (QED) is 0.264. The number of halogens is 3. The molecule has 3 heterocycles. The van der Waals surface area contributed by atoms with Crippen molar-refractivity contribution in [1.82, 2.24) is 9.78 Å². The third-order valence-electron chi connectivity index (χ3n) is 6.64. The lowest BCUT2D eigenvalue weighted by Crippen LogP contribution is -2.41. The molecule has 5 rings (SSSR count). The Labute approximate surface area is 227 Å². The molecule has 1 N–H and O–H groups in total. The van der Waals surface area contributed by atoms with Crippen molar-refractivity contribution in [3.63, 3.8) is 0 Å². The normalized spacial score (nSPS) is 17.4. The predicted molar refractivity (Wildman–Crippen MR) is 151 cm³/mol. The predicted octanol–water partition coefficient (Wildman–Crippen LogP) is 6.52. The summed E-state index contributed by atoms with van der Waals surface area (Å²) in [6.45, 7) is 11.8. The highest BCUT2D eigenvalue weighted by Crippen LogP contribution is 2.44. The van der Waals surface area contributed by atoms with Gasteiger partial charge in [-0.05, 0) is 43.3 Å². The molecule has 2 aliphatic rings. The minimum Gasteiger partial charge on any atom is -0.375 e. The zero-order valence-electron chi connectivity index (χ0n) is 22.0. The maximum atomic E-state index is 14.8. The van der Waals surface area contributed by atoms with Gasteiger partial charge in [-0.15, -0.1) is 0 Å². The molecule has 0 radical (unpaired) electrons. The molecule has 2 aromatic carbocycles. The number of nitrogens with one attached hydrogen (secondary N) is 1. The monoisotopic (exact) mass is 559 g/mol. The number of fused-ring (bicyclic) bond motifs is 3. The highest BCUT2D eigenvalue weighted by Gasteiger charge is 2.28. The van der Waals surface area contributed by atoms with Crippen LogP contribution in [0.5, 0.6) is 0 Å². The first kappa shape index (κ1) is 26.8. The molecule has 0 aliphatic carbocycles. The molecule has 7 nitrogen and oxygen atoms in total. The molecule has 11 heteroatoms. The molecule has 1 saturated heterocycles. The number of aromatic nitrogens is 2. The molecule has 0 unspecified atom stereocenters. The fourth-order valence-corrected chi connectivity index (χ4v) is 5.59. The first-order chi connectivity index (χ1) is 18.1. The number of amidine groups is 1. The van der Waals surface area contributed by atoms with Gasteiger partial charge in [0.15, 0.2) is 5.15 Å². The van der Waals surface area contributed by atoms with Gasteiger partial charge in [-0.1, -0.05) is 37.3 Å². The van der Waals surface area contributed by atoms with E-state index in [0.717, 1.165) is 30.4 Å². The van der Waals surface area contributed by atoms with Crippen LogP contribution in [0.15, 0.2) is 41.4 Å². The molecule has 0 bridgehead atoms. The summed E-state index contributed by atoms with van der Waals surface area (Å²) in [6, 6.07) is 10.7. The van der Waals surface area contributed by atoms with Gasteiger partial charge in [0.2, 0.25) is 0 Å². The molecule has 38 heavy (non-hydrogen) atoms. The van der Waals surface area contributed by atoms with Crippen molar-refractivity contribution in [1.29, 1.82) is 0 Å². The summed E-state index contributed by atoms with van der Waals surface area (Å²) in [5, 5.41) is 7.80. The highest BCUT2D eigenvalue weighted by molar-refractivity contribution is 6.76. The van der Waals surface area contributed by atoms with Crippen molar-refractivity contribution in [2.75, 3.05) is 36.5 Å². The Morgan fingerprint density at radius 1 is 1.18 bits per heavy atom. The Hall–Kier alpha value is -2.79. The summed E-state index contributed by atoms with van der Waals surface area (Å²) in [6.07, 6.45) is 0.106. The SMILES string of the molecule is C[C@@H]1CN(c2ccc3c(c2)-c2c(c(Cl)nn2COCC[Si](C)(C)C)N=C(c2c(F)cccc2F)N3)CCO1. The summed E-state index contributed by atoms with van der Waals surface area (Å²) in [4.78, 5) is 6.87. The van der Waals surface area contributed by atoms with Crippen LogP contribution in [0.1, 0.15) is 12.5 Å². The van der Waals surface area contributed by atoms with Crippen molar-refractivity contribution in [3.8, 4) is 11.3 Å². The lowest BCUT2D eigenvalue weighted by Gasteiger charge is -2.33. The lowest BCUT2D eigenvalue weighted by atomic mass is 10.1. The van der Waals surface area contributed by atoms with Crippen LogP contribution < -0.4 is 10.2 Å². The average molecular weight is 560 g/mol. The van der Waals surface area contributed by atoms with Gasteiger partial charge >= 0.3 is 0 Å². The number of rotatable bonds is 7. The number of morpholine rings is 1. The summed E-state index contributed by atoms with van der Waals surface area (Å²) in [5.74, 6) is -1.42. The van der Waals surface area contributed by atoms with Crippen LogP contribution in [0.2, 0.25) is 30.8 Å². The van der Waals surface area contributed by atoms with Gasteiger partial charge in [0.1, 0.15) is 35.6 Å². The molecule has 1 fully saturated rings. The van der Waals surface area contributed by atoms with E-state index >= 15 is 0 Å². The van der Waals surface area contributed by atoms with Crippen molar-refractivity contribution in [2.24, 2.45) is 4.99 Å². The fraction of sp³-hybridized carbons (Fsp3) is 0.407. The van der Waals surface area contributed by atoms with Crippen LogP contribution in [0.25, 0.3) is 11.3 Å². The van der Waals surface area contributed by atoms with Crippen LogP contribution in [0.3, 0.4) is 0 Å². The van der Waals surface area contributed by atoms with E-state index in [1.54, 1.807) is 4.68 Å². The van der Waals surface area contributed by atoms with Crippen LogP contribution >= 0.6 is 11.6 Å². The number of hydrogen-bond donors (Lipinski definition) is 1. The number of aliphatic imine (C=N–C) groups is 1. The van der Waals surface area contributed by atoms with Crippen molar-refractivity contribution in [2.45, 2.75) is 45.4 Å². The van der Waals surface area contributed by atoms with Crippen LogP contribution in [0.4, 0.5) is 25.8 Å². The zero-order chi connectivity index (χ0) is 27.0. The maximum Gasteiger partial charge on any atom is 0.177 e. The van der Waals surface area contributed by atoms with E-state index in [9.17, 15) is 8.78 Å². The Morgan fingerprint density at radius 3 is 2.66 bits per heavy atom. The molecule has 1 atom stereocenters. The van der Waals surface area contributed by atoms with E-state index in [2.05, 4.69) is 39.9 Å². The standard InChI is InChI=1S/C27H32ClF2N5O2Si/c1-17-15-34(10-11-37-17)18-8-9-22-19(14-18)25-24(26(28)33-35(25)16-36-12-13-38(2,3)4)32-27(31-22)23-20(29)6-5-7-21(23)30/h5-9,14,17H,10-13,15-16H2,1-4H3,(H,31,32)/t17-/m1/s1. The minimum atomic E-state index is -1.27. The van der Waals surface area contributed by atoms with E-state index in [-0.39, 0.29) is 29.4 Å². The molecular formula is C27H32ClF2N5O2Si. The van der Waals surface area contributed by atoms with Crippen LogP contribution in [-0.2, 0) is 16.2 Å². The molecule has 3 aromatic rings. The number of benzene rings is 2. The van der Waals surface area contributed by atoms with Crippen molar-refractivity contribution < 1.29 is 18.3 Å². The molecule has 0 amide bonds. The third kappa shape index (κ3) is 5.63. The van der Waals surface area contributed by atoms with Gasteiger partial charge < -0.3 is 19.7 Å². The Kier molecular flexibility index (Phi) is 7.59. The minimum absolute atomic E-state index is 0.0226. The van der Waals surface area contributed by atoms with Crippen molar-refractivity contribution >= 4 is 42.6 Å². The van der Waals surface area contributed by atoms with E-state index < -0.39 is 19.7 Å². The van der Waals surface area contributed by atoms with Gasteiger partial charge in [-0.25, -0.2) is 18.5 Å². The smallest absolute Gasteiger partial charge is 0.177 e. The van der Waals surface area contributed by atoms with Crippen molar-refractivity contribution in [3.05, 3.63) is 58.7 Å². The van der Waals surface area contributed by atoms with Gasteiger partial charge in [0.05, 0.1) is 18.3 Å². The van der Waals surface area contributed by atoms with Gasteiger partial charge in [0.25, 0.3) is 0 Å². The Bertz CT molecular complexity index is 1350. The second-order valence-corrected chi connectivity index (χ2v) is 16.9. The van der Waals surface area contributed by atoms with Gasteiger partial charge in [-0.3, -0.25) is 0 Å². The molecule has 202 valence electrons. The van der Waals surface area contributed by atoms with E-state index in [1.807, 2.05) is 25.1 Å². The number of anilines is 2. The number of ether oxygens (including phenoxy) is 2. The topological polar surface area (TPSA) is 63.9 Å². The van der Waals surface area contributed by atoms with Crippen LogP contribution in [-0.4, -0.2) is 56.1 Å². The first-order valence-electron chi connectivity index (χ1n) is 12.8. The Balaban J connectivity index is 1.60. The second kappa shape index (κ2) is 10.8. The van der Waals surface area contributed by atoms with E-state index in [1.165, 1.54) is 18.2 Å². The maximum absolute atomic E-state index is 14.8. The van der Waals surface area contributed by atoms with Gasteiger partial charge in [0, 0.05) is 44.7 Å². The first-order valence-corrected chi connectivity index (χ1v) is 16.8. The molecule has 0 spiro atoms. The van der Waals surface area contributed by atoms with Crippen LogP contribution in [0, 0.1) is 11.6 Å². The molecule has 0 saturated carbocycles. The summed E-state index contributed by atoms with van der Waals surface area (Å²) in [5.41, 5.74) is 3.09. The highest BCUT2D eigenvalue weighted by atomic mass is 35.5. The molecule has 2 aliphatic heterocycles. The average Bonchev–Trinajstić information content (AvgIpc) is 3.05. The fourth-order valence-electron chi connectivity index (χ4n) is 4.61. The largest absolute Gasteiger partial charge is 0.375 e. The lowest BCUT2D eigenvalue weighted by molar-refractivity contribution is 0.0532. The Morgan fingerprint density at radius 2 is 1.95 bits per heavy atom. The third-order valence-corrected chi connectivity index (χ3v) is 8.60.